The summed E-state index contributed by atoms with van der Waals surface area (Å²) in [5.41, 5.74) is 1.94. The molecule has 0 aliphatic carbocycles. The molecule has 226 valence electrons. The fraction of sp³-hybridized carbons (Fsp3) is 0.533. The van der Waals surface area contributed by atoms with Crippen molar-refractivity contribution in [1.29, 1.82) is 0 Å². The van der Waals surface area contributed by atoms with E-state index in [0.717, 1.165) is 12.8 Å². The summed E-state index contributed by atoms with van der Waals surface area (Å²) >= 11 is 0. The number of hydrogen-bond donors (Lipinski definition) is 2. The highest BCUT2D eigenvalue weighted by atomic mass is 16.7. The lowest BCUT2D eigenvalue weighted by atomic mass is 9.83. The van der Waals surface area contributed by atoms with E-state index in [1.54, 1.807) is 52.3 Å². The molecule has 12 nitrogen and oxygen atoms in total. The summed E-state index contributed by atoms with van der Waals surface area (Å²) in [6.45, 7) is 4.27. The van der Waals surface area contributed by atoms with Gasteiger partial charge in [0.2, 0.25) is 12.7 Å². The molecule has 3 amide bonds. The van der Waals surface area contributed by atoms with Crippen molar-refractivity contribution < 1.29 is 34.1 Å². The number of likely N-dealkylation sites (tertiary alicyclic amines) is 1. The number of likely N-dealkylation sites (N-methyl/N-ethyl adjacent to an activating group) is 1. The molecule has 1 aromatic carbocycles. The van der Waals surface area contributed by atoms with E-state index >= 15 is 0 Å². The summed E-state index contributed by atoms with van der Waals surface area (Å²) in [7, 11) is 1.75. The Labute approximate surface area is 245 Å². The molecule has 12 heteroatoms. The Hall–Kier alpha value is -3.90. The standard InChI is InChI=1S/C30H39N5O7/c1-3-4-9-35(22-6-5-8-31-15-22)26(37)17-34-16-23(20-13-21(18-36)28-25(14-20)41-19-42-28)27(29(38)39)24(34)7-10-33-12-11-32(2)30(33)40/h5-6,8,13-15,23-24,27,36H,3-4,7,9-12,16-19H2,1-2H3,(H,38,39)/t23-,24+,27-/m1/s1. The van der Waals surface area contributed by atoms with Crippen molar-refractivity contribution in [2.75, 3.05) is 58.0 Å². The third-order valence-corrected chi connectivity index (χ3v) is 8.53. The predicted octanol–water partition coefficient (Wildman–Crippen LogP) is 2.36. The van der Waals surface area contributed by atoms with Gasteiger partial charge in [0.25, 0.3) is 0 Å². The Morgan fingerprint density at radius 2 is 2.05 bits per heavy atom. The lowest BCUT2D eigenvalue weighted by Gasteiger charge is -2.30. The number of carboxylic acids is 1. The topological polar surface area (TPSA) is 136 Å². The number of ether oxygens (including phenoxy) is 2. The molecule has 5 rings (SSSR count). The summed E-state index contributed by atoms with van der Waals surface area (Å²) in [6.07, 6.45) is 5.45. The molecule has 2 N–H and O–H groups in total. The van der Waals surface area contributed by atoms with Crippen LogP contribution in [0, 0.1) is 5.92 Å². The Bertz CT molecular complexity index is 1290. The van der Waals surface area contributed by atoms with Crippen molar-refractivity contribution in [3.8, 4) is 11.5 Å². The number of aliphatic hydroxyl groups excluding tert-OH is 1. The van der Waals surface area contributed by atoms with Gasteiger partial charge >= 0.3 is 12.0 Å². The summed E-state index contributed by atoms with van der Waals surface area (Å²) in [6, 6.07) is 6.62. The molecule has 1 aromatic heterocycles. The van der Waals surface area contributed by atoms with Gasteiger partial charge in [-0.05, 0) is 42.7 Å². The number of amides is 3. The lowest BCUT2D eigenvalue weighted by Crippen LogP contribution is -2.46. The zero-order valence-corrected chi connectivity index (χ0v) is 24.1. The number of unbranched alkanes of at least 4 members (excludes halogenated alkanes) is 1. The lowest BCUT2D eigenvalue weighted by molar-refractivity contribution is -0.143. The average Bonchev–Trinajstić information content (AvgIpc) is 3.69. The largest absolute Gasteiger partial charge is 0.481 e. The average molecular weight is 582 g/mol. The number of urea groups is 1. The van der Waals surface area contributed by atoms with Crippen molar-refractivity contribution >= 4 is 23.6 Å². The van der Waals surface area contributed by atoms with E-state index < -0.39 is 23.8 Å². The van der Waals surface area contributed by atoms with Crippen molar-refractivity contribution in [1.82, 2.24) is 19.7 Å². The highest BCUT2D eigenvalue weighted by Crippen LogP contribution is 2.44. The third-order valence-electron chi connectivity index (χ3n) is 8.53. The normalized spacial score (nSPS) is 21.8. The fourth-order valence-corrected chi connectivity index (χ4v) is 6.31. The van der Waals surface area contributed by atoms with Gasteiger partial charge in [-0.2, -0.15) is 0 Å². The van der Waals surface area contributed by atoms with Gasteiger partial charge in [-0.25, -0.2) is 4.79 Å². The molecule has 2 saturated heterocycles. The van der Waals surface area contributed by atoms with Crippen molar-refractivity contribution in [2.24, 2.45) is 5.92 Å². The Morgan fingerprint density at radius 1 is 1.21 bits per heavy atom. The molecule has 3 aliphatic rings. The van der Waals surface area contributed by atoms with Crippen LogP contribution in [0.3, 0.4) is 0 Å². The van der Waals surface area contributed by atoms with Gasteiger partial charge in [-0.15, -0.1) is 0 Å². The van der Waals surface area contributed by atoms with E-state index in [0.29, 0.717) is 67.5 Å². The van der Waals surface area contributed by atoms with Crippen LogP contribution < -0.4 is 14.4 Å². The number of pyridine rings is 1. The first kappa shape index (κ1) is 29.6. The molecule has 0 bridgehead atoms. The molecule has 0 saturated carbocycles. The fourth-order valence-electron chi connectivity index (χ4n) is 6.31. The first-order chi connectivity index (χ1) is 20.3. The Morgan fingerprint density at radius 3 is 2.71 bits per heavy atom. The Balaban J connectivity index is 1.45. The highest BCUT2D eigenvalue weighted by Gasteiger charge is 2.48. The number of carbonyl (C=O) groups excluding carboxylic acids is 2. The minimum Gasteiger partial charge on any atom is -0.481 e. The molecule has 0 spiro atoms. The van der Waals surface area contributed by atoms with Crippen LogP contribution in [0.15, 0.2) is 36.7 Å². The molecule has 0 radical (unpaired) electrons. The number of anilines is 1. The molecule has 3 aliphatic heterocycles. The summed E-state index contributed by atoms with van der Waals surface area (Å²) in [5.74, 6) is -1.48. The number of aliphatic hydroxyl groups is 1. The monoisotopic (exact) mass is 581 g/mol. The van der Waals surface area contributed by atoms with Crippen molar-refractivity contribution in [2.45, 2.75) is 44.8 Å². The number of aromatic nitrogens is 1. The number of carbonyl (C=O) groups is 3. The Kier molecular flexibility index (Phi) is 9.12. The highest BCUT2D eigenvalue weighted by molar-refractivity contribution is 5.94. The number of rotatable bonds is 12. The van der Waals surface area contributed by atoms with Crippen LogP contribution in [0.4, 0.5) is 10.5 Å². The maximum Gasteiger partial charge on any atom is 0.319 e. The first-order valence-corrected chi connectivity index (χ1v) is 14.5. The van der Waals surface area contributed by atoms with E-state index in [4.69, 9.17) is 9.47 Å². The van der Waals surface area contributed by atoms with E-state index in [-0.39, 0.29) is 31.9 Å². The predicted molar refractivity (Wildman–Crippen MR) is 153 cm³/mol. The minimum absolute atomic E-state index is 0.0226. The van der Waals surface area contributed by atoms with Crippen molar-refractivity contribution in [3.05, 3.63) is 47.8 Å². The third kappa shape index (κ3) is 6.00. The maximum absolute atomic E-state index is 13.8. The van der Waals surface area contributed by atoms with Crippen LogP contribution in [-0.4, -0.2) is 107 Å². The van der Waals surface area contributed by atoms with Crippen LogP contribution in [0.5, 0.6) is 11.5 Å². The second kappa shape index (κ2) is 13.0. The molecule has 3 atom stereocenters. The van der Waals surface area contributed by atoms with Gasteiger partial charge < -0.3 is 34.4 Å². The zero-order valence-electron chi connectivity index (χ0n) is 24.1. The van der Waals surface area contributed by atoms with E-state index in [9.17, 15) is 24.6 Å². The minimum atomic E-state index is -0.969. The van der Waals surface area contributed by atoms with Gasteiger partial charge in [0.15, 0.2) is 11.5 Å². The van der Waals surface area contributed by atoms with E-state index in [1.807, 2.05) is 11.0 Å². The molecular formula is C30H39N5O7. The van der Waals surface area contributed by atoms with Gasteiger partial charge in [0.1, 0.15) is 0 Å². The van der Waals surface area contributed by atoms with Crippen molar-refractivity contribution in [3.63, 3.8) is 0 Å². The van der Waals surface area contributed by atoms with Crippen LogP contribution in [0.25, 0.3) is 0 Å². The molecule has 2 fully saturated rings. The first-order valence-electron chi connectivity index (χ1n) is 14.5. The second-order valence-corrected chi connectivity index (χ2v) is 11.1. The van der Waals surface area contributed by atoms with Gasteiger partial charge in [0, 0.05) is 63.5 Å². The number of nitrogens with zero attached hydrogens (tertiary/aromatic N) is 5. The quantitative estimate of drug-likeness (QED) is 0.387. The van der Waals surface area contributed by atoms with Gasteiger partial charge in [-0.3, -0.25) is 19.5 Å². The van der Waals surface area contributed by atoms with E-state index in [1.165, 1.54) is 0 Å². The molecule has 2 aromatic rings. The van der Waals surface area contributed by atoms with Gasteiger partial charge in [0.05, 0.1) is 31.0 Å². The van der Waals surface area contributed by atoms with Crippen LogP contribution >= 0.6 is 0 Å². The van der Waals surface area contributed by atoms with Gasteiger partial charge in [-0.1, -0.05) is 13.3 Å². The number of fused-ring (bicyclic) bond motifs is 1. The van der Waals surface area contributed by atoms with Crippen LogP contribution in [0.2, 0.25) is 0 Å². The number of aliphatic carboxylic acids is 1. The molecule has 42 heavy (non-hydrogen) atoms. The second-order valence-electron chi connectivity index (χ2n) is 11.1. The molecule has 4 heterocycles. The summed E-state index contributed by atoms with van der Waals surface area (Å²) < 4.78 is 11.1. The summed E-state index contributed by atoms with van der Waals surface area (Å²) in [4.78, 5) is 50.6. The summed E-state index contributed by atoms with van der Waals surface area (Å²) in [5, 5.41) is 20.6. The van der Waals surface area contributed by atoms with E-state index in [2.05, 4.69) is 11.9 Å². The maximum atomic E-state index is 13.8. The SMILES string of the molecule is CCCCN(C(=O)CN1C[C@H](c2cc(CO)c3c(c2)OCO3)[C@@H](C(=O)O)[C@@H]1CCN1CCN(C)C1=O)c1cccnc1. The zero-order chi connectivity index (χ0) is 29.8. The number of carboxylic acid groups (broad SMARTS) is 1. The number of benzene rings is 1. The molecule has 0 unspecified atom stereocenters. The van der Waals surface area contributed by atoms with Crippen LogP contribution in [-0.2, 0) is 16.2 Å². The molecular weight excluding hydrogens is 542 g/mol. The smallest absolute Gasteiger partial charge is 0.319 e. The number of hydrogen-bond acceptors (Lipinski definition) is 8. The van der Waals surface area contributed by atoms with Crippen LogP contribution in [0.1, 0.15) is 43.2 Å².